The van der Waals surface area contributed by atoms with Crippen molar-refractivity contribution in [2.75, 3.05) is 0 Å². The molecule has 0 fully saturated rings. The molecule has 2 rings (SSSR count). The normalized spacial score (nSPS) is 11.8. The van der Waals surface area contributed by atoms with Crippen molar-refractivity contribution < 1.29 is 13.2 Å². The number of aromatic nitrogens is 3. The zero-order chi connectivity index (χ0) is 14.0. The third-order valence-electron chi connectivity index (χ3n) is 2.72. The van der Waals surface area contributed by atoms with Crippen LogP contribution in [0.3, 0.4) is 0 Å². The molecule has 0 spiro atoms. The van der Waals surface area contributed by atoms with Gasteiger partial charge in [0.2, 0.25) is 0 Å². The molecule has 0 aliphatic heterocycles. The van der Waals surface area contributed by atoms with E-state index in [1.54, 1.807) is 6.07 Å². The minimum atomic E-state index is -4.38. The van der Waals surface area contributed by atoms with Gasteiger partial charge in [-0.1, -0.05) is 18.2 Å². The zero-order valence-corrected chi connectivity index (χ0v) is 10.8. The molecule has 0 atom stereocenters. The van der Waals surface area contributed by atoms with Crippen LogP contribution in [0.5, 0.6) is 0 Å². The Labute approximate surface area is 113 Å². The molecular formula is C12H11ClF3N3. The van der Waals surface area contributed by atoms with E-state index in [1.807, 2.05) is 6.92 Å². The first kappa shape index (κ1) is 13.9. The minimum Gasteiger partial charge on any atom is -0.217 e. The van der Waals surface area contributed by atoms with E-state index in [9.17, 15) is 13.2 Å². The van der Waals surface area contributed by atoms with Gasteiger partial charge in [0.1, 0.15) is 5.69 Å². The fraction of sp³-hybridized carbons (Fsp3) is 0.333. The lowest BCUT2D eigenvalue weighted by Crippen LogP contribution is -2.08. The van der Waals surface area contributed by atoms with Gasteiger partial charge in [0, 0.05) is 0 Å². The lowest BCUT2D eigenvalue weighted by Gasteiger charge is -2.10. The van der Waals surface area contributed by atoms with Crippen molar-refractivity contribution in [2.24, 2.45) is 0 Å². The summed E-state index contributed by atoms with van der Waals surface area (Å²) in [4.78, 5) is 0. The standard InChI is InChI=1S/C12H11ClF3N3/c1-2-11-10(7-13)17-18-19(11)9-5-3-4-8(6-9)12(14,15)16/h3-6H,2,7H2,1H3. The SMILES string of the molecule is CCc1c(CCl)nnn1-c1cccc(C(F)(F)F)c1. The molecule has 19 heavy (non-hydrogen) atoms. The maximum atomic E-state index is 12.7. The first-order valence-electron chi connectivity index (χ1n) is 5.64. The summed E-state index contributed by atoms with van der Waals surface area (Å²) in [6.45, 7) is 1.87. The van der Waals surface area contributed by atoms with Gasteiger partial charge in [-0.2, -0.15) is 13.2 Å². The highest BCUT2D eigenvalue weighted by atomic mass is 35.5. The van der Waals surface area contributed by atoms with Crippen LogP contribution in [0, 0.1) is 0 Å². The van der Waals surface area contributed by atoms with Crippen molar-refractivity contribution in [3.05, 3.63) is 41.2 Å². The van der Waals surface area contributed by atoms with Gasteiger partial charge in [-0.05, 0) is 24.6 Å². The van der Waals surface area contributed by atoms with Crippen molar-refractivity contribution in [1.82, 2.24) is 15.0 Å². The molecule has 7 heteroatoms. The van der Waals surface area contributed by atoms with Crippen molar-refractivity contribution in [3.63, 3.8) is 0 Å². The predicted molar refractivity (Wildman–Crippen MR) is 65.3 cm³/mol. The molecule has 1 heterocycles. The van der Waals surface area contributed by atoms with Crippen LogP contribution < -0.4 is 0 Å². The van der Waals surface area contributed by atoms with E-state index < -0.39 is 11.7 Å². The topological polar surface area (TPSA) is 30.7 Å². The second kappa shape index (κ2) is 5.21. The summed E-state index contributed by atoms with van der Waals surface area (Å²) in [5.74, 6) is 0.183. The Balaban J connectivity index is 2.51. The summed E-state index contributed by atoms with van der Waals surface area (Å²) in [7, 11) is 0. The Hall–Kier alpha value is -1.56. The molecule has 0 radical (unpaired) electrons. The lowest BCUT2D eigenvalue weighted by atomic mass is 10.2. The van der Waals surface area contributed by atoms with Crippen LogP contribution in [0.2, 0.25) is 0 Å². The van der Waals surface area contributed by atoms with Crippen molar-refractivity contribution in [3.8, 4) is 5.69 Å². The van der Waals surface area contributed by atoms with Gasteiger partial charge in [-0.15, -0.1) is 16.7 Å². The van der Waals surface area contributed by atoms with Gasteiger partial charge in [-0.25, -0.2) is 4.68 Å². The van der Waals surface area contributed by atoms with Crippen LogP contribution in [-0.2, 0) is 18.5 Å². The molecule has 3 nitrogen and oxygen atoms in total. The predicted octanol–water partition coefficient (Wildman–Crippen LogP) is 3.59. The van der Waals surface area contributed by atoms with Gasteiger partial charge in [0.15, 0.2) is 0 Å². The molecule has 1 aromatic heterocycles. The summed E-state index contributed by atoms with van der Waals surface area (Å²) in [5.41, 5.74) is 0.918. The van der Waals surface area contributed by atoms with Crippen LogP contribution >= 0.6 is 11.6 Å². The van der Waals surface area contributed by atoms with E-state index in [2.05, 4.69) is 10.3 Å². The first-order valence-corrected chi connectivity index (χ1v) is 6.18. The Kier molecular flexibility index (Phi) is 3.80. The van der Waals surface area contributed by atoms with E-state index in [4.69, 9.17) is 11.6 Å². The van der Waals surface area contributed by atoms with E-state index >= 15 is 0 Å². The van der Waals surface area contributed by atoms with E-state index in [0.29, 0.717) is 23.5 Å². The van der Waals surface area contributed by atoms with Gasteiger partial charge >= 0.3 is 6.18 Å². The molecule has 0 aliphatic rings. The first-order chi connectivity index (χ1) is 8.97. The molecule has 2 aromatic rings. The number of hydrogen-bond acceptors (Lipinski definition) is 2. The molecule has 0 N–H and O–H groups in total. The van der Waals surface area contributed by atoms with Crippen LogP contribution in [0.25, 0.3) is 5.69 Å². The Morgan fingerprint density at radius 3 is 2.63 bits per heavy atom. The highest BCUT2D eigenvalue weighted by Crippen LogP contribution is 2.30. The van der Waals surface area contributed by atoms with Gasteiger partial charge in [0.05, 0.1) is 22.8 Å². The van der Waals surface area contributed by atoms with Gasteiger partial charge < -0.3 is 0 Å². The number of rotatable bonds is 3. The maximum absolute atomic E-state index is 12.7. The van der Waals surface area contributed by atoms with Crippen LogP contribution in [-0.4, -0.2) is 15.0 Å². The molecule has 0 aliphatic carbocycles. The average molecular weight is 290 g/mol. The number of halogens is 4. The highest BCUT2D eigenvalue weighted by molar-refractivity contribution is 6.16. The van der Waals surface area contributed by atoms with Gasteiger partial charge in [0.25, 0.3) is 0 Å². The number of nitrogens with zero attached hydrogens (tertiary/aromatic N) is 3. The molecule has 0 saturated heterocycles. The Morgan fingerprint density at radius 1 is 1.32 bits per heavy atom. The summed E-state index contributed by atoms with van der Waals surface area (Å²) in [5, 5.41) is 7.74. The van der Waals surface area contributed by atoms with Crippen LogP contribution in [0.15, 0.2) is 24.3 Å². The second-order valence-electron chi connectivity index (χ2n) is 3.93. The fourth-order valence-corrected chi connectivity index (χ4v) is 2.02. The lowest BCUT2D eigenvalue weighted by molar-refractivity contribution is -0.137. The van der Waals surface area contributed by atoms with Gasteiger partial charge in [-0.3, -0.25) is 0 Å². The fourth-order valence-electron chi connectivity index (χ4n) is 1.81. The summed E-state index contributed by atoms with van der Waals surface area (Å²) < 4.78 is 39.4. The summed E-state index contributed by atoms with van der Waals surface area (Å²) >= 11 is 5.72. The molecule has 0 saturated carbocycles. The molecule has 0 unspecified atom stereocenters. The maximum Gasteiger partial charge on any atom is 0.416 e. The number of benzene rings is 1. The van der Waals surface area contributed by atoms with Crippen molar-refractivity contribution in [2.45, 2.75) is 25.4 Å². The molecule has 0 amide bonds. The Bertz CT molecular complexity index is 578. The molecule has 102 valence electrons. The smallest absolute Gasteiger partial charge is 0.217 e. The molecular weight excluding hydrogens is 279 g/mol. The molecule has 1 aromatic carbocycles. The van der Waals surface area contributed by atoms with Crippen LogP contribution in [0.4, 0.5) is 13.2 Å². The third-order valence-corrected chi connectivity index (χ3v) is 2.98. The average Bonchev–Trinajstić information content (AvgIpc) is 2.80. The number of alkyl halides is 4. The van der Waals surface area contributed by atoms with E-state index in [1.165, 1.54) is 10.7 Å². The second-order valence-corrected chi connectivity index (χ2v) is 4.20. The van der Waals surface area contributed by atoms with E-state index in [0.717, 1.165) is 12.1 Å². The number of hydrogen-bond donors (Lipinski definition) is 0. The molecule has 0 bridgehead atoms. The summed E-state index contributed by atoms with van der Waals surface area (Å²) in [6, 6.07) is 4.97. The highest BCUT2D eigenvalue weighted by Gasteiger charge is 2.30. The summed E-state index contributed by atoms with van der Waals surface area (Å²) in [6.07, 6.45) is -3.79. The largest absolute Gasteiger partial charge is 0.416 e. The minimum absolute atomic E-state index is 0.183. The van der Waals surface area contributed by atoms with E-state index in [-0.39, 0.29) is 5.88 Å². The van der Waals surface area contributed by atoms with Crippen molar-refractivity contribution >= 4 is 11.6 Å². The quantitative estimate of drug-likeness (QED) is 0.809. The third kappa shape index (κ3) is 2.73. The van der Waals surface area contributed by atoms with Crippen molar-refractivity contribution in [1.29, 1.82) is 0 Å². The Morgan fingerprint density at radius 2 is 2.05 bits per heavy atom. The zero-order valence-electron chi connectivity index (χ0n) is 10.1. The monoisotopic (exact) mass is 289 g/mol. The van der Waals surface area contributed by atoms with Crippen LogP contribution in [0.1, 0.15) is 23.9 Å².